The molecule has 1 aliphatic rings. The predicted molar refractivity (Wildman–Crippen MR) is 101 cm³/mol. The average molecular weight is 375 g/mol. The molecule has 0 spiro atoms. The maximum absolute atomic E-state index is 12.8. The second-order valence-corrected chi connectivity index (χ2v) is 6.81. The third kappa shape index (κ3) is 3.65. The summed E-state index contributed by atoms with van der Waals surface area (Å²) in [4.78, 5) is 31.4. The Bertz CT molecular complexity index is 812. The molecule has 1 fully saturated rings. The lowest BCUT2D eigenvalue weighted by Crippen LogP contribution is -2.23. The Morgan fingerprint density at radius 3 is 2.50 bits per heavy atom. The van der Waals surface area contributed by atoms with Crippen LogP contribution in [-0.4, -0.2) is 37.6 Å². The minimum atomic E-state index is -0.257. The van der Waals surface area contributed by atoms with Crippen molar-refractivity contribution in [3.8, 4) is 11.5 Å². The third-order valence-electron chi connectivity index (χ3n) is 4.14. The van der Waals surface area contributed by atoms with Crippen LogP contribution < -0.4 is 19.7 Å². The number of nitrogens with one attached hydrogen (secondary N) is 1. The number of aryl methyl sites for hydroxylation is 1. The molecule has 7 nitrogen and oxygen atoms in total. The van der Waals surface area contributed by atoms with E-state index in [1.165, 1.54) is 11.3 Å². The first-order valence-electron chi connectivity index (χ1n) is 8.40. The van der Waals surface area contributed by atoms with Crippen LogP contribution in [0.1, 0.15) is 35.1 Å². The summed E-state index contributed by atoms with van der Waals surface area (Å²) in [5.74, 6) is 0.976. The van der Waals surface area contributed by atoms with Crippen LogP contribution in [0.25, 0.3) is 0 Å². The maximum Gasteiger partial charge on any atom is 0.267 e. The van der Waals surface area contributed by atoms with Gasteiger partial charge in [-0.1, -0.05) is 18.3 Å². The summed E-state index contributed by atoms with van der Waals surface area (Å²) in [6.07, 6.45) is 1.97. The van der Waals surface area contributed by atoms with Gasteiger partial charge in [-0.3, -0.25) is 14.5 Å². The van der Waals surface area contributed by atoms with Gasteiger partial charge in [0.05, 0.1) is 19.9 Å². The number of thiazole rings is 1. The molecule has 3 rings (SSSR count). The van der Waals surface area contributed by atoms with Gasteiger partial charge in [-0.05, 0) is 12.8 Å². The van der Waals surface area contributed by atoms with Crippen molar-refractivity contribution in [3.05, 3.63) is 28.8 Å². The van der Waals surface area contributed by atoms with Gasteiger partial charge in [-0.2, -0.15) is 0 Å². The number of carbonyl (C=O) groups is 2. The van der Waals surface area contributed by atoms with Gasteiger partial charge in [0.15, 0.2) is 5.13 Å². The lowest BCUT2D eigenvalue weighted by Gasteiger charge is -2.10. The summed E-state index contributed by atoms with van der Waals surface area (Å²) < 4.78 is 10.5. The normalized spacial score (nSPS) is 13.8. The predicted octanol–water partition coefficient (Wildman–Crippen LogP) is 3.10. The Labute approximate surface area is 155 Å². The topological polar surface area (TPSA) is 80.8 Å². The summed E-state index contributed by atoms with van der Waals surface area (Å²) >= 11 is 1.25. The van der Waals surface area contributed by atoms with Crippen LogP contribution in [0.3, 0.4) is 0 Å². The number of anilines is 2. The molecule has 0 unspecified atom stereocenters. The zero-order valence-corrected chi connectivity index (χ0v) is 15.8. The molecule has 0 radical (unpaired) electrons. The second-order valence-electron chi connectivity index (χ2n) is 5.83. The second kappa shape index (κ2) is 7.74. The fraction of sp³-hybridized carbons (Fsp3) is 0.389. The number of amides is 2. The van der Waals surface area contributed by atoms with Crippen LogP contribution in [0, 0.1) is 0 Å². The lowest BCUT2D eigenvalue weighted by atomic mass is 10.2. The number of benzene rings is 1. The number of nitrogens with zero attached hydrogens (tertiary/aromatic N) is 2. The number of aromatic nitrogens is 1. The molecular weight excluding hydrogens is 354 g/mol. The smallest absolute Gasteiger partial charge is 0.267 e. The summed E-state index contributed by atoms with van der Waals surface area (Å²) in [5, 5.41) is 3.46. The van der Waals surface area contributed by atoms with Gasteiger partial charge in [0.2, 0.25) is 5.91 Å². The number of ether oxygens (including phenoxy) is 2. The zero-order valence-electron chi connectivity index (χ0n) is 15.0. The highest BCUT2D eigenvalue weighted by Gasteiger charge is 2.27. The number of carbonyl (C=O) groups excluding carboxylic acids is 2. The molecule has 2 aromatic rings. The first kappa shape index (κ1) is 18.2. The molecule has 0 bridgehead atoms. The Balaban J connectivity index is 1.86. The van der Waals surface area contributed by atoms with Crippen molar-refractivity contribution < 1.29 is 19.1 Å². The van der Waals surface area contributed by atoms with E-state index in [9.17, 15) is 9.59 Å². The summed E-state index contributed by atoms with van der Waals surface area (Å²) in [6, 6.07) is 5.17. The van der Waals surface area contributed by atoms with Crippen molar-refractivity contribution in [1.29, 1.82) is 0 Å². The Morgan fingerprint density at radius 1 is 1.27 bits per heavy atom. The monoisotopic (exact) mass is 375 g/mol. The highest BCUT2D eigenvalue weighted by molar-refractivity contribution is 7.18. The van der Waals surface area contributed by atoms with Crippen LogP contribution >= 0.6 is 11.3 Å². The molecule has 1 aromatic carbocycles. The van der Waals surface area contributed by atoms with Gasteiger partial charge in [-0.25, -0.2) is 4.98 Å². The molecule has 1 aromatic heterocycles. The van der Waals surface area contributed by atoms with Crippen LogP contribution in [0.5, 0.6) is 11.5 Å². The van der Waals surface area contributed by atoms with Crippen LogP contribution in [-0.2, 0) is 11.2 Å². The fourth-order valence-corrected chi connectivity index (χ4v) is 3.88. The van der Waals surface area contributed by atoms with Crippen molar-refractivity contribution >= 4 is 34.0 Å². The summed E-state index contributed by atoms with van der Waals surface area (Å²) in [7, 11) is 3.11. The van der Waals surface area contributed by atoms with Crippen molar-refractivity contribution in [2.75, 3.05) is 31.0 Å². The highest BCUT2D eigenvalue weighted by Crippen LogP contribution is 2.31. The number of rotatable bonds is 6. The van der Waals surface area contributed by atoms with Crippen molar-refractivity contribution in [2.24, 2.45) is 0 Å². The van der Waals surface area contributed by atoms with Crippen LogP contribution in [0.2, 0.25) is 0 Å². The highest BCUT2D eigenvalue weighted by atomic mass is 32.1. The molecule has 1 N–H and O–H groups in total. The first-order valence-corrected chi connectivity index (χ1v) is 9.21. The Kier molecular flexibility index (Phi) is 5.41. The Hall–Kier alpha value is -2.61. The third-order valence-corrected chi connectivity index (χ3v) is 5.26. The zero-order chi connectivity index (χ0) is 18.7. The fourth-order valence-electron chi connectivity index (χ4n) is 2.79. The van der Waals surface area contributed by atoms with E-state index in [0.717, 1.165) is 6.42 Å². The minimum absolute atomic E-state index is 0.0610. The quantitative estimate of drug-likeness (QED) is 0.839. The molecule has 1 saturated heterocycles. The summed E-state index contributed by atoms with van der Waals surface area (Å²) in [5.41, 5.74) is 1.26. The average Bonchev–Trinajstić information content (AvgIpc) is 3.26. The number of methoxy groups -OCH3 is 2. The maximum atomic E-state index is 12.8. The van der Waals surface area contributed by atoms with Gasteiger partial charge in [0, 0.05) is 36.9 Å². The molecule has 8 heteroatoms. The molecule has 0 aliphatic carbocycles. The van der Waals surface area contributed by atoms with Gasteiger partial charge in [0.25, 0.3) is 5.91 Å². The molecular formula is C18H21N3O4S. The summed E-state index contributed by atoms with van der Waals surface area (Å²) in [6.45, 7) is 2.60. The van der Waals surface area contributed by atoms with E-state index in [1.807, 2.05) is 6.92 Å². The van der Waals surface area contributed by atoms with E-state index in [-0.39, 0.29) is 11.8 Å². The first-order chi connectivity index (χ1) is 12.5. The van der Waals surface area contributed by atoms with E-state index in [4.69, 9.17) is 9.47 Å². The van der Waals surface area contributed by atoms with Crippen LogP contribution in [0.15, 0.2) is 18.2 Å². The van der Waals surface area contributed by atoms with Gasteiger partial charge in [-0.15, -0.1) is 0 Å². The number of hydrogen-bond donors (Lipinski definition) is 1. The van der Waals surface area contributed by atoms with E-state index < -0.39 is 0 Å². The Morgan fingerprint density at radius 2 is 1.96 bits per heavy atom. The standard InChI is InChI=1S/C18H21N3O4S/c1-4-14-16(26-18(20-14)21-7-5-6-15(21)22)17(23)19-11-8-12(24-2)10-13(9-11)25-3/h8-10H,4-7H2,1-3H3,(H,19,23). The van der Waals surface area contributed by atoms with Crippen molar-refractivity contribution in [2.45, 2.75) is 26.2 Å². The van der Waals surface area contributed by atoms with E-state index in [0.29, 0.717) is 52.3 Å². The van der Waals surface area contributed by atoms with Crippen LogP contribution in [0.4, 0.5) is 10.8 Å². The molecule has 2 heterocycles. The van der Waals surface area contributed by atoms with Crippen molar-refractivity contribution in [3.63, 3.8) is 0 Å². The lowest BCUT2D eigenvalue weighted by molar-refractivity contribution is -0.117. The van der Waals surface area contributed by atoms with E-state index in [1.54, 1.807) is 37.3 Å². The molecule has 0 saturated carbocycles. The molecule has 1 aliphatic heterocycles. The largest absolute Gasteiger partial charge is 0.497 e. The van der Waals surface area contributed by atoms with Crippen molar-refractivity contribution in [1.82, 2.24) is 4.98 Å². The minimum Gasteiger partial charge on any atom is -0.497 e. The number of hydrogen-bond acceptors (Lipinski definition) is 6. The van der Waals surface area contributed by atoms with Gasteiger partial charge in [0.1, 0.15) is 16.4 Å². The molecule has 138 valence electrons. The molecule has 0 atom stereocenters. The van der Waals surface area contributed by atoms with E-state index >= 15 is 0 Å². The van der Waals surface area contributed by atoms with E-state index in [2.05, 4.69) is 10.3 Å². The molecule has 26 heavy (non-hydrogen) atoms. The van der Waals surface area contributed by atoms with Gasteiger partial charge < -0.3 is 14.8 Å². The SMILES string of the molecule is CCc1nc(N2CCCC2=O)sc1C(=O)Nc1cc(OC)cc(OC)c1. The molecule has 2 amide bonds. The van der Waals surface area contributed by atoms with Gasteiger partial charge >= 0.3 is 0 Å².